The molecule has 0 spiro atoms. The number of pyridine rings is 1. The quantitative estimate of drug-likeness (QED) is 0.110. The lowest BCUT2D eigenvalue weighted by Gasteiger charge is -2.25. The van der Waals surface area contributed by atoms with E-state index in [-0.39, 0.29) is 29.1 Å². The Bertz CT molecular complexity index is 1240. The van der Waals surface area contributed by atoms with Crippen molar-refractivity contribution in [2.75, 3.05) is 12.0 Å². The largest absolute Gasteiger partial charge is 0.481 e. The van der Waals surface area contributed by atoms with Crippen LogP contribution < -0.4 is 21.4 Å². The molecule has 10 nitrogen and oxygen atoms in total. The molecule has 0 amide bonds. The Morgan fingerprint density at radius 3 is 2.72 bits per heavy atom. The van der Waals surface area contributed by atoms with Crippen LogP contribution >= 0.6 is 11.6 Å². The molecule has 32 heavy (non-hydrogen) atoms. The van der Waals surface area contributed by atoms with Gasteiger partial charge in [-0.05, 0) is 24.1 Å². The molecule has 4 N–H and O–H groups in total. The van der Waals surface area contributed by atoms with E-state index in [2.05, 4.69) is 45.3 Å². The summed E-state index contributed by atoms with van der Waals surface area (Å²) < 4.78 is 10.7. The van der Waals surface area contributed by atoms with Crippen molar-refractivity contribution in [3.8, 4) is 29.2 Å². The van der Waals surface area contributed by atoms with Gasteiger partial charge >= 0.3 is 0 Å². The molecule has 1 aromatic carbocycles. The summed E-state index contributed by atoms with van der Waals surface area (Å²) in [6.45, 7) is 7.62. The van der Waals surface area contributed by atoms with Crippen molar-refractivity contribution in [3.63, 3.8) is 0 Å². The average Bonchev–Trinajstić information content (AvgIpc) is 3.30. The van der Waals surface area contributed by atoms with Crippen LogP contribution in [0.4, 0.5) is 5.69 Å². The first kappa shape index (κ1) is 22.4. The second-order valence-corrected chi connectivity index (χ2v) is 6.38. The molecule has 0 atom stereocenters. The van der Waals surface area contributed by atoms with Gasteiger partial charge < -0.3 is 19.8 Å². The number of amidine groups is 1. The second kappa shape index (κ2) is 10.1. The number of methoxy groups -OCH3 is 1. The first-order chi connectivity index (χ1) is 15.5. The van der Waals surface area contributed by atoms with E-state index >= 15 is 0 Å². The predicted octanol–water partition coefficient (Wildman–Crippen LogP) is 2.84. The fraction of sp³-hybridized carbons (Fsp3) is 0.0476. The van der Waals surface area contributed by atoms with Gasteiger partial charge in [-0.2, -0.15) is 11.0 Å². The molecule has 3 aromatic rings. The van der Waals surface area contributed by atoms with Crippen LogP contribution in [-0.4, -0.2) is 28.1 Å². The van der Waals surface area contributed by atoms with Crippen molar-refractivity contribution in [2.45, 2.75) is 0 Å². The Labute approximate surface area is 188 Å². The van der Waals surface area contributed by atoms with Crippen LogP contribution in [0.5, 0.6) is 5.88 Å². The summed E-state index contributed by atoms with van der Waals surface area (Å²) in [4.78, 5) is 10.2. The molecule has 0 radical (unpaired) electrons. The lowest BCUT2D eigenvalue weighted by Crippen LogP contribution is -2.31. The Kier molecular flexibility index (Phi) is 7.07. The van der Waals surface area contributed by atoms with E-state index in [0.29, 0.717) is 22.2 Å². The number of hydrogen-bond acceptors (Lipinski definition) is 9. The summed E-state index contributed by atoms with van der Waals surface area (Å²) in [5, 5.41) is 12.0. The Balaban J connectivity index is 1.96. The highest BCUT2D eigenvalue weighted by molar-refractivity contribution is 6.34. The Morgan fingerprint density at radius 1 is 1.25 bits per heavy atom. The maximum absolute atomic E-state index is 6.34. The SMILES string of the molecule is C=C(ON)C(=C)N(/C(C#Cc1nnc(-c2ccnc(OC)c2)o1)=N\N)c1ccccc1Cl. The molecular weight excluding hydrogens is 434 g/mol. The number of halogens is 1. The van der Waals surface area contributed by atoms with Crippen LogP contribution in [0.3, 0.4) is 0 Å². The average molecular weight is 452 g/mol. The Morgan fingerprint density at radius 2 is 2.03 bits per heavy atom. The van der Waals surface area contributed by atoms with E-state index < -0.39 is 0 Å². The van der Waals surface area contributed by atoms with Gasteiger partial charge in [0.25, 0.3) is 5.89 Å². The van der Waals surface area contributed by atoms with Gasteiger partial charge in [0.05, 0.1) is 23.5 Å². The third-order valence-electron chi connectivity index (χ3n) is 4.06. The topological polar surface area (TPSA) is 138 Å². The molecule has 2 aromatic heterocycles. The van der Waals surface area contributed by atoms with Crippen molar-refractivity contribution in [1.29, 1.82) is 0 Å². The third kappa shape index (κ3) is 4.86. The summed E-state index contributed by atoms with van der Waals surface area (Å²) in [6.07, 6.45) is 1.56. The Hall–Kier alpha value is -4.33. The van der Waals surface area contributed by atoms with Crippen molar-refractivity contribution < 1.29 is 14.0 Å². The number of nitrogens with zero attached hydrogens (tertiary/aromatic N) is 5. The fourth-order valence-electron chi connectivity index (χ4n) is 2.51. The number of ether oxygens (including phenoxy) is 1. The van der Waals surface area contributed by atoms with Gasteiger partial charge in [-0.25, -0.2) is 4.98 Å². The van der Waals surface area contributed by atoms with E-state index in [1.807, 2.05) is 0 Å². The van der Waals surface area contributed by atoms with Crippen LogP contribution in [0, 0.1) is 11.8 Å². The number of rotatable bonds is 6. The van der Waals surface area contributed by atoms with Gasteiger partial charge in [-0.1, -0.05) is 42.0 Å². The lowest BCUT2D eigenvalue weighted by molar-refractivity contribution is 0.230. The first-order valence-electron chi connectivity index (χ1n) is 8.91. The molecule has 0 aliphatic carbocycles. The monoisotopic (exact) mass is 451 g/mol. The van der Waals surface area contributed by atoms with Gasteiger partial charge in [-0.3, -0.25) is 4.90 Å². The van der Waals surface area contributed by atoms with Crippen LogP contribution in [0.15, 0.2) is 76.7 Å². The van der Waals surface area contributed by atoms with E-state index in [4.69, 9.17) is 37.3 Å². The summed E-state index contributed by atoms with van der Waals surface area (Å²) in [5.74, 6) is 17.1. The molecule has 0 unspecified atom stereocenters. The zero-order valence-corrected chi connectivity index (χ0v) is 17.7. The summed E-state index contributed by atoms with van der Waals surface area (Å²) in [6, 6.07) is 10.3. The van der Waals surface area contributed by atoms with Gasteiger partial charge in [0.2, 0.25) is 17.6 Å². The summed E-state index contributed by atoms with van der Waals surface area (Å²) in [7, 11) is 1.51. The van der Waals surface area contributed by atoms with Crippen LogP contribution in [-0.2, 0) is 4.84 Å². The van der Waals surface area contributed by atoms with Crippen molar-refractivity contribution in [3.05, 3.63) is 78.1 Å². The van der Waals surface area contributed by atoms with Gasteiger partial charge in [0, 0.05) is 23.7 Å². The van der Waals surface area contributed by atoms with Crippen molar-refractivity contribution in [1.82, 2.24) is 15.2 Å². The third-order valence-corrected chi connectivity index (χ3v) is 4.38. The molecule has 2 heterocycles. The first-order valence-corrected chi connectivity index (χ1v) is 9.29. The van der Waals surface area contributed by atoms with Crippen LogP contribution in [0.1, 0.15) is 5.89 Å². The lowest BCUT2D eigenvalue weighted by atomic mass is 10.2. The molecule has 162 valence electrons. The second-order valence-electron chi connectivity index (χ2n) is 5.98. The zero-order valence-electron chi connectivity index (χ0n) is 16.9. The number of anilines is 1. The predicted molar refractivity (Wildman–Crippen MR) is 120 cm³/mol. The number of hydrazone groups is 1. The molecule has 11 heteroatoms. The number of hydrogen-bond donors (Lipinski definition) is 2. The minimum absolute atomic E-state index is 0.0237. The van der Waals surface area contributed by atoms with E-state index in [0.717, 1.165) is 0 Å². The molecule has 0 saturated heterocycles. The highest BCUT2D eigenvalue weighted by Crippen LogP contribution is 2.30. The molecule has 0 aliphatic heterocycles. The van der Waals surface area contributed by atoms with E-state index in [9.17, 15) is 0 Å². The minimum atomic E-state index is 0.0237. The van der Waals surface area contributed by atoms with E-state index in [1.165, 1.54) is 12.0 Å². The molecular formula is C21H18ClN7O3. The summed E-state index contributed by atoms with van der Waals surface area (Å²) in [5.41, 5.74) is 1.31. The van der Waals surface area contributed by atoms with E-state index in [1.54, 1.807) is 42.6 Å². The zero-order chi connectivity index (χ0) is 23.1. The van der Waals surface area contributed by atoms with Crippen molar-refractivity contribution >= 4 is 23.1 Å². The normalized spacial score (nSPS) is 10.7. The smallest absolute Gasteiger partial charge is 0.294 e. The van der Waals surface area contributed by atoms with Gasteiger partial charge in [0.1, 0.15) is 0 Å². The van der Waals surface area contributed by atoms with Crippen LogP contribution in [0.25, 0.3) is 11.5 Å². The fourth-order valence-corrected chi connectivity index (χ4v) is 2.73. The number of nitrogens with two attached hydrogens (primary N) is 2. The molecule has 3 rings (SSSR count). The highest BCUT2D eigenvalue weighted by atomic mass is 35.5. The number of benzene rings is 1. The van der Waals surface area contributed by atoms with Crippen molar-refractivity contribution in [2.24, 2.45) is 16.8 Å². The maximum atomic E-state index is 6.34. The number of aromatic nitrogens is 3. The number of para-hydroxylation sites is 1. The highest BCUT2D eigenvalue weighted by Gasteiger charge is 2.21. The minimum Gasteiger partial charge on any atom is -0.481 e. The van der Waals surface area contributed by atoms with Gasteiger partial charge in [0.15, 0.2) is 5.76 Å². The molecule has 0 saturated carbocycles. The maximum Gasteiger partial charge on any atom is 0.294 e. The van der Waals surface area contributed by atoms with Crippen LogP contribution in [0.2, 0.25) is 5.02 Å². The molecule has 0 aliphatic rings. The standard InChI is InChI=1S/C21H18ClN7O3/c1-13(14(2)32-24)29(17-7-5-4-6-16(17)22)18(26-23)8-9-19-27-28-21(31-19)15-10-11-25-20(12-15)30-3/h4-7,10-12H,1-2,23-24H2,3H3/b26-18-. The molecule has 0 bridgehead atoms. The summed E-state index contributed by atoms with van der Waals surface area (Å²) >= 11 is 6.34. The molecule has 0 fully saturated rings. The van der Waals surface area contributed by atoms with Gasteiger partial charge in [-0.15, -0.1) is 5.10 Å².